The zero-order valence-electron chi connectivity index (χ0n) is 22.5. The molecule has 0 aliphatic heterocycles. The first kappa shape index (κ1) is 23.8. The Hall–Kier alpha value is -6.10. The first-order chi connectivity index (χ1) is 20.8. The number of nitriles is 2. The van der Waals surface area contributed by atoms with E-state index in [-0.39, 0.29) is 0 Å². The van der Waals surface area contributed by atoms with Crippen molar-refractivity contribution in [1.82, 2.24) is 9.13 Å². The molecule has 8 aromatic rings. The van der Waals surface area contributed by atoms with Gasteiger partial charge in [-0.25, -0.2) is 0 Å². The molecule has 8 rings (SSSR count). The maximum Gasteiger partial charge on any atom is 0.101 e. The molecule has 4 heteroatoms. The molecule has 0 unspecified atom stereocenters. The van der Waals surface area contributed by atoms with Crippen molar-refractivity contribution in [3.63, 3.8) is 0 Å². The molecule has 0 aliphatic carbocycles. The van der Waals surface area contributed by atoms with Crippen LogP contribution in [0.2, 0.25) is 0 Å². The highest BCUT2D eigenvalue weighted by Crippen LogP contribution is 2.40. The van der Waals surface area contributed by atoms with Crippen LogP contribution in [0.15, 0.2) is 133 Å². The summed E-state index contributed by atoms with van der Waals surface area (Å²) in [5.41, 5.74) is 9.16. The van der Waals surface area contributed by atoms with Gasteiger partial charge < -0.3 is 9.13 Å². The molecule has 4 nitrogen and oxygen atoms in total. The molecule has 0 saturated carbocycles. The van der Waals surface area contributed by atoms with E-state index in [1.54, 1.807) is 0 Å². The standard InChI is InChI=1S/C38H22N4/c39-23-26-10-4-5-13-29(26)25-18-19-27(24-40)36(20-25)42-35-17-9-7-15-31(35)33-21-37-32(22-38(33)42)30-14-6-8-16-34(30)41(37)28-11-2-1-3-12-28/h1-22H. The molecule has 0 atom stereocenters. The third kappa shape index (κ3) is 3.40. The van der Waals surface area contributed by atoms with Crippen molar-refractivity contribution < 1.29 is 0 Å². The average Bonchev–Trinajstić information content (AvgIpc) is 3.56. The molecule has 0 aliphatic rings. The van der Waals surface area contributed by atoms with Crippen molar-refractivity contribution in [3.05, 3.63) is 145 Å². The van der Waals surface area contributed by atoms with Gasteiger partial charge in [0.15, 0.2) is 0 Å². The van der Waals surface area contributed by atoms with Crippen LogP contribution < -0.4 is 0 Å². The molecule has 2 heterocycles. The average molecular weight is 535 g/mol. The number of benzene rings is 6. The number of para-hydroxylation sites is 3. The molecule has 0 fully saturated rings. The highest BCUT2D eigenvalue weighted by atomic mass is 15.0. The minimum Gasteiger partial charge on any atom is -0.309 e. The lowest BCUT2D eigenvalue weighted by atomic mass is 9.98. The van der Waals surface area contributed by atoms with E-state index in [1.807, 2.05) is 54.6 Å². The lowest BCUT2D eigenvalue weighted by Gasteiger charge is -2.13. The molecule has 2 aromatic heterocycles. The predicted molar refractivity (Wildman–Crippen MR) is 170 cm³/mol. The molecule has 0 amide bonds. The van der Waals surface area contributed by atoms with E-state index in [0.29, 0.717) is 11.1 Å². The van der Waals surface area contributed by atoms with Crippen molar-refractivity contribution in [1.29, 1.82) is 10.5 Å². The molecule has 42 heavy (non-hydrogen) atoms. The van der Waals surface area contributed by atoms with Crippen molar-refractivity contribution in [2.75, 3.05) is 0 Å². The van der Waals surface area contributed by atoms with Gasteiger partial charge in [0.05, 0.1) is 45.0 Å². The number of rotatable bonds is 3. The van der Waals surface area contributed by atoms with Crippen LogP contribution >= 0.6 is 0 Å². The summed E-state index contributed by atoms with van der Waals surface area (Å²) in [6.07, 6.45) is 0. The Morgan fingerprint density at radius 2 is 1.00 bits per heavy atom. The van der Waals surface area contributed by atoms with Gasteiger partial charge in [0.1, 0.15) is 6.07 Å². The van der Waals surface area contributed by atoms with Crippen LogP contribution in [-0.4, -0.2) is 9.13 Å². The number of hydrogen-bond donors (Lipinski definition) is 0. The molecule has 0 spiro atoms. The van der Waals surface area contributed by atoms with Crippen molar-refractivity contribution in [2.24, 2.45) is 0 Å². The SMILES string of the molecule is N#Cc1ccccc1-c1ccc(C#N)c(-n2c3ccccc3c3cc4c(cc32)c2ccccc2n4-c2ccccc2)c1. The van der Waals surface area contributed by atoms with E-state index < -0.39 is 0 Å². The molecule has 194 valence electrons. The Labute approximate surface area is 242 Å². The van der Waals surface area contributed by atoms with Gasteiger partial charge in [0.2, 0.25) is 0 Å². The maximum atomic E-state index is 10.2. The van der Waals surface area contributed by atoms with Crippen molar-refractivity contribution in [2.45, 2.75) is 0 Å². The first-order valence-electron chi connectivity index (χ1n) is 13.8. The van der Waals surface area contributed by atoms with Crippen molar-refractivity contribution in [3.8, 4) is 34.6 Å². The lowest BCUT2D eigenvalue weighted by Crippen LogP contribution is -1.99. The monoisotopic (exact) mass is 534 g/mol. The predicted octanol–water partition coefficient (Wildman–Crippen LogP) is 9.29. The van der Waals surface area contributed by atoms with E-state index in [1.165, 1.54) is 5.39 Å². The summed E-state index contributed by atoms with van der Waals surface area (Å²) in [7, 11) is 0. The fourth-order valence-electron chi connectivity index (χ4n) is 6.36. The van der Waals surface area contributed by atoms with E-state index in [4.69, 9.17) is 0 Å². The van der Waals surface area contributed by atoms with Gasteiger partial charge in [0, 0.05) is 27.2 Å². The molecule has 0 radical (unpaired) electrons. The third-order valence-electron chi connectivity index (χ3n) is 8.20. The normalized spacial score (nSPS) is 11.3. The van der Waals surface area contributed by atoms with Gasteiger partial charge in [-0.1, -0.05) is 78.9 Å². The molecule has 0 N–H and O–H groups in total. The molecular formula is C38H22N4. The fourth-order valence-corrected chi connectivity index (χ4v) is 6.36. The number of fused-ring (bicyclic) bond motifs is 6. The Morgan fingerprint density at radius 1 is 0.429 bits per heavy atom. The lowest BCUT2D eigenvalue weighted by molar-refractivity contribution is 1.17. The molecule has 0 saturated heterocycles. The first-order valence-corrected chi connectivity index (χ1v) is 13.8. The molecular weight excluding hydrogens is 512 g/mol. The Bertz CT molecular complexity index is 2430. The Kier molecular flexibility index (Phi) is 5.22. The quantitative estimate of drug-likeness (QED) is 0.227. The van der Waals surface area contributed by atoms with Crippen LogP contribution in [0.5, 0.6) is 0 Å². The fraction of sp³-hybridized carbons (Fsp3) is 0. The largest absolute Gasteiger partial charge is 0.309 e. The van der Waals surface area contributed by atoms with Crippen molar-refractivity contribution >= 4 is 43.6 Å². The van der Waals surface area contributed by atoms with E-state index in [2.05, 4.69) is 100 Å². The van der Waals surface area contributed by atoms with Gasteiger partial charge in [-0.15, -0.1) is 0 Å². The van der Waals surface area contributed by atoms with Crippen LogP contribution in [0.3, 0.4) is 0 Å². The summed E-state index contributed by atoms with van der Waals surface area (Å²) < 4.78 is 4.53. The van der Waals surface area contributed by atoms with Crippen LogP contribution in [0.1, 0.15) is 11.1 Å². The van der Waals surface area contributed by atoms with Gasteiger partial charge in [-0.3, -0.25) is 0 Å². The second kappa shape index (κ2) is 9.24. The Morgan fingerprint density at radius 3 is 1.69 bits per heavy atom. The second-order valence-electron chi connectivity index (χ2n) is 10.4. The molecule has 0 bridgehead atoms. The highest BCUT2D eigenvalue weighted by Gasteiger charge is 2.20. The summed E-state index contributed by atoms with van der Waals surface area (Å²) in [6.45, 7) is 0. The zero-order valence-corrected chi connectivity index (χ0v) is 22.5. The summed E-state index contributed by atoms with van der Waals surface area (Å²) in [6, 6.07) is 50.1. The van der Waals surface area contributed by atoms with Gasteiger partial charge >= 0.3 is 0 Å². The summed E-state index contributed by atoms with van der Waals surface area (Å²) in [5.74, 6) is 0. The van der Waals surface area contributed by atoms with E-state index >= 15 is 0 Å². The van der Waals surface area contributed by atoms with Crippen LogP contribution in [-0.2, 0) is 0 Å². The third-order valence-corrected chi connectivity index (χ3v) is 8.20. The van der Waals surface area contributed by atoms with Crippen LogP contribution in [0.4, 0.5) is 0 Å². The highest BCUT2D eigenvalue weighted by molar-refractivity contribution is 6.19. The minimum atomic E-state index is 0.572. The smallest absolute Gasteiger partial charge is 0.101 e. The Balaban J connectivity index is 1.51. The van der Waals surface area contributed by atoms with E-state index in [0.717, 1.165) is 60.7 Å². The van der Waals surface area contributed by atoms with Gasteiger partial charge in [-0.05, 0) is 65.7 Å². The topological polar surface area (TPSA) is 57.4 Å². The van der Waals surface area contributed by atoms with Gasteiger partial charge in [0.25, 0.3) is 0 Å². The zero-order chi connectivity index (χ0) is 28.2. The number of aromatic nitrogens is 2. The minimum absolute atomic E-state index is 0.572. The summed E-state index contributed by atoms with van der Waals surface area (Å²) in [5, 5.41) is 24.6. The second-order valence-corrected chi connectivity index (χ2v) is 10.4. The number of nitrogens with zero attached hydrogens (tertiary/aromatic N) is 4. The van der Waals surface area contributed by atoms with E-state index in [9.17, 15) is 10.5 Å². The van der Waals surface area contributed by atoms with Gasteiger partial charge in [-0.2, -0.15) is 10.5 Å². The summed E-state index contributed by atoms with van der Waals surface area (Å²) in [4.78, 5) is 0. The van der Waals surface area contributed by atoms with Crippen LogP contribution in [0.25, 0.3) is 66.1 Å². The van der Waals surface area contributed by atoms with Crippen LogP contribution in [0, 0.1) is 22.7 Å². The maximum absolute atomic E-state index is 10.2. The summed E-state index contributed by atoms with van der Waals surface area (Å²) >= 11 is 0. The molecule has 6 aromatic carbocycles. The number of hydrogen-bond acceptors (Lipinski definition) is 2.